The van der Waals surface area contributed by atoms with E-state index in [9.17, 15) is 5.11 Å². The molecule has 106 valence electrons. The highest BCUT2D eigenvalue weighted by Gasteiger charge is 2.10. The Morgan fingerprint density at radius 3 is 2.55 bits per heavy atom. The monoisotopic (exact) mass is 271 g/mol. The molecule has 2 N–H and O–H groups in total. The Balaban J connectivity index is 2.09. The Hall–Kier alpha value is -1.84. The molecule has 1 unspecified atom stereocenters. The Morgan fingerprint density at radius 1 is 1.15 bits per heavy atom. The molecule has 0 amide bonds. The maximum atomic E-state index is 9.54. The van der Waals surface area contributed by atoms with E-state index in [0.29, 0.717) is 6.54 Å². The van der Waals surface area contributed by atoms with Gasteiger partial charge in [-0.25, -0.2) is 0 Å². The molecule has 0 aliphatic carbocycles. The molecular weight excluding hydrogens is 250 g/mol. The number of ether oxygens (including phenoxy) is 1. The van der Waals surface area contributed by atoms with Crippen LogP contribution in [0.1, 0.15) is 22.7 Å². The van der Waals surface area contributed by atoms with Gasteiger partial charge in [0.2, 0.25) is 0 Å². The summed E-state index contributed by atoms with van der Waals surface area (Å²) < 4.78 is 5.37. The lowest BCUT2D eigenvalue weighted by molar-refractivity contribution is 0.243. The summed E-state index contributed by atoms with van der Waals surface area (Å²) in [7, 11) is 1.68. The Morgan fingerprint density at radius 2 is 1.90 bits per heavy atom. The third-order valence-corrected chi connectivity index (χ3v) is 3.36. The third-order valence-electron chi connectivity index (χ3n) is 3.36. The van der Waals surface area contributed by atoms with Gasteiger partial charge >= 0.3 is 0 Å². The van der Waals surface area contributed by atoms with Crippen molar-refractivity contribution in [2.45, 2.75) is 19.5 Å². The largest absolute Gasteiger partial charge is 0.496 e. The van der Waals surface area contributed by atoms with Gasteiger partial charge in [0.05, 0.1) is 19.8 Å². The topological polar surface area (TPSA) is 41.5 Å². The van der Waals surface area contributed by atoms with Crippen molar-refractivity contribution in [3.05, 3.63) is 65.2 Å². The van der Waals surface area contributed by atoms with Gasteiger partial charge in [-0.3, -0.25) is 0 Å². The molecular formula is C17H21NO2. The maximum Gasteiger partial charge on any atom is 0.123 e. The number of hydrogen-bond donors (Lipinski definition) is 2. The van der Waals surface area contributed by atoms with Gasteiger partial charge in [-0.2, -0.15) is 0 Å². The second-order valence-corrected chi connectivity index (χ2v) is 4.84. The first-order chi connectivity index (χ1) is 9.74. The van der Waals surface area contributed by atoms with Crippen LogP contribution in [0.4, 0.5) is 0 Å². The van der Waals surface area contributed by atoms with Crippen LogP contribution in [0, 0.1) is 6.92 Å². The average Bonchev–Trinajstić information content (AvgIpc) is 2.49. The minimum absolute atomic E-state index is 0.0676. The first-order valence-corrected chi connectivity index (χ1v) is 6.77. The van der Waals surface area contributed by atoms with Crippen LogP contribution in [-0.2, 0) is 6.54 Å². The lowest BCUT2D eigenvalue weighted by Gasteiger charge is -2.18. The number of aliphatic hydroxyl groups excluding tert-OH is 1. The summed E-state index contributed by atoms with van der Waals surface area (Å²) in [5.74, 6) is 0.868. The SMILES string of the molecule is COc1ccc(C)cc1CNC(CO)c1ccccc1. The number of nitrogens with one attached hydrogen (secondary N) is 1. The zero-order valence-electron chi connectivity index (χ0n) is 12.0. The van der Waals surface area contributed by atoms with Crippen molar-refractivity contribution in [1.82, 2.24) is 5.32 Å². The number of rotatable bonds is 6. The molecule has 3 nitrogen and oxygen atoms in total. The maximum absolute atomic E-state index is 9.54. The van der Waals surface area contributed by atoms with Gasteiger partial charge in [0.25, 0.3) is 0 Å². The van der Waals surface area contributed by atoms with Gasteiger partial charge < -0.3 is 15.2 Å². The van der Waals surface area contributed by atoms with E-state index < -0.39 is 0 Å². The van der Waals surface area contributed by atoms with Gasteiger partial charge in [0, 0.05) is 12.1 Å². The zero-order chi connectivity index (χ0) is 14.4. The van der Waals surface area contributed by atoms with E-state index in [0.717, 1.165) is 16.9 Å². The number of aliphatic hydroxyl groups is 1. The van der Waals surface area contributed by atoms with E-state index in [-0.39, 0.29) is 12.6 Å². The second kappa shape index (κ2) is 7.08. The van der Waals surface area contributed by atoms with Crippen molar-refractivity contribution in [2.75, 3.05) is 13.7 Å². The Bertz CT molecular complexity index is 540. The molecule has 0 aliphatic rings. The lowest BCUT2D eigenvalue weighted by Crippen LogP contribution is -2.24. The van der Waals surface area contributed by atoms with Crippen LogP contribution < -0.4 is 10.1 Å². The van der Waals surface area contributed by atoms with Crippen LogP contribution in [0.25, 0.3) is 0 Å². The van der Waals surface area contributed by atoms with E-state index in [4.69, 9.17) is 4.74 Å². The highest BCUT2D eigenvalue weighted by Crippen LogP contribution is 2.21. The van der Waals surface area contributed by atoms with Crippen LogP contribution in [0.2, 0.25) is 0 Å². The summed E-state index contributed by atoms with van der Waals surface area (Å²) >= 11 is 0. The van der Waals surface area contributed by atoms with E-state index in [1.807, 2.05) is 42.5 Å². The predicted molar refractivity (Wildman–Crippen MR) is 80.8 cm³/mol. The van der Waals surface area contributed by atoms with Crippen molar-refractivity contribution in [3.63, 3.8) is 0 Å². The molecule has 3 heteroatoms. The molecule has 0 bridgehead atoms. The molecule has 2 aromatic carbocycles. The van der Waals surface area contributed by atoms with Crippen molar-refractivity contribution in [3.8, 4) is 5.75 Å². The zero-order valence-corrected chi connectivity index (χ0v) is 12.0. The minimum atomic E-state index is -0.0681. The first kappa shape index (κ1) is 14.6. The lowest BCUT2D eigenvalue weighted by atomic mass is 10.1. The van der Waals surface area contributed by atoms with E-state index in [2.05, 4.69) is 18.3 Å². The fourth-order valence-electron chi connectivity index (χ4n) is 2.25. The Labute approximate surface area is 120 Å². The van der Waals surface area contributed by atoms with E-state index in [1.54, 1.807) is 7.11 Å². The van der Waals surface area contributed by atoms with Gasteiger partial charge in [-0.15, -0.1) is 0 Å². The summed E-state index contributed by atoms with van der Waals surface area (Å²) in [6.45, 7) is 2.78. The van der Waals surface area contributed by atoms with Crippen LogP contribution in [0.3, 0.4) is 0 Å². The molecule has 1 atom stereocenters. The van der Waals surface area contributed by atoms with Crippen LogP contribution in [0.5, 0.6) is 5.75 Å². The van der Waals surface area contributed by atoms with E-state index in [1.165, 1.54) is 5.56 Å². The van der Waals surface area contributed by atoms with Crippen molar-refractivity contribution in [2.24, 2.45) is 0 Å². The third kappa shape index (κ3) is 3.59. The Kier molecular flexibility index (Phi) is 5.16. The van der Waals surface area contributed by atoms with Gasteiger partial charge in [-0.1, -0.05) is 48.0 Å². The fourth-order valence-corrected chi connectivity index (χ4v) is 2.25. The average molecular weight is 271 g/mol. The van der Waals surface area contributed by atoms with Crippen molar-refractivity contribution < 1.29 is 9.84 Å². The molecule has 0 fully saturated rings. The molecule has 0 aromatic heterocycles. The summed E-state index contributed by atoms with van der Waals surface area (Å²) in [4.78, 5) is 0. The molecule has 2 rings (SSSR count). The molecule has 2 aromatic rings. The second-order valence-electron chi connectivity index (χ2n) is 4.84. The molecule has 0 radical (unpaired) electrons. The van der Waals surface area contributed by atoms with E-state index >= 15 is 0 Å². The minimum Gasteiger partial charge on any atom is -0.496 e. The van der Waals surface area contributed by atoms with Crippen LogP contribution >= 0.6 is 0 Å². The number of aryl methyl sites for hydroxylation is 1. The van der Waals surface area contributed by atoms with Gasteiger partial charge in [0.1, 0.15) is 5.75 Å². The molecule has 0 aliphatic heterocycles. The van der Waals surface area contributed by atoms with Crippen molar-refractivity contribution >= 4 is 0 Å². The van der Waals surface area contributed by atoms with Crippen molar-refractivity contribution in [1.29, 1.82) is 0 Å². The van der Waals surface area contributed by atoms with Crippen LogP contribution in [0.15, 0.2) is 48.5 Å². The number of methoxy groups -OCH3 is 1. The summed E-state index contributed by atoms with van der Waals surface area (Å²) in [5, 5.41) is 12.9. The first-order valence-electron chi connectivity index (χ1n) is 6.77. The molecule has 0 spiro atoms. The van der Waals surface area contributed by atoms with Crippen LogP contribution in [-0.4, -0.2) is 18.8 Å². The molecule has 0 saturated carbocycles. The molecule has 20 heavy (non-hydrogen) atoms. The fraction of sp³-hybridized carbons (Fsp3) is 0.294. The number of hydrogen-bond acceptors (Lipinski definition) is 3. The highest BCUT2D eigenvalue weighted by molar-refractivity contribution is 5.37. The summed E-state index contributed by atoms with van der Waals surface area (Å²) in [6, 6.07) is 16.0. The quantitative estimate of drug-likeness (QED) is 0.849. The smallest absolute Gasteiger partial charge is 0.123 e. The van der Waals surface area contributed by atoms with Gasteiger partial charge in [0.15, 0.2) is 0 Å². The molecule has 0 saturated heterocycles. The standard InChI is InChI=1S/C17H21NO2/c1-13-8-9-17(20-2)15(10-13)11-18-16(12-19)14-6-4-3-5-7-14/h3-10,16,18-19H,11-12H2,1-2H3. The predicted octanol–water partition coefficient (Wildman–Crippen LogP) is 2.83. The molecule has 0 heterocycles. The summed E-state index contributed by atoms with van der Waals surface area (Å²) in [6.07, 6.45) is 0. The summed E-state index contributed by atoms with van der Waals surface area (Å²) in [5.41, 5.74) is 3.38. The normalized spacial score (nSPS) is 12.2. The number of benzene rings is 2. The highest BCUT2D eigenvalue weighted by atomic mass is 16.5. The van der Waals surface area contributed by atoms with Gasteiger partial charge in [-0.05, 0) is 18.6 Å².